The molecule has 0 aliphatic carbocycles. The molecule has 0 bridgehead atoms. The van der Waals surface area contributed by atoms with Gasteiger partial charge in [-0.2, -0.15) is 5.10 Å². The lowest BCUT2D eigenvalue weighted by Gasteiger charge is -2.34. The zero-order valence-corrected chi connectivity index (χ0v) is 19.0. The van der Waals surface area contributed by atoms with E-state index in [1.165, 1.54) is 0 Å². The summed E-state index contributed by atoms with van der Waals surface area (Å²) in [7, 11) is 0. The Balaban J connectivity index is 1.45. The van der Waals surface area contributed by atoms with Crippen molar-refractivity contribution in [1.29, 1.82) is 0 Å². The summed E-state index contributed by atoms with van der Waals surface area (Å²) in [6.07, 6.45) is 5.79. The van der Waals surface area contributed by atoms with E-state index in [4.69, 9.17) is 5.73 Å². The third-order valence-electron chi connectivity index (χ3n) is 6.38. The van der Waals surface area contributed by atoms with Crippen LogP contribution in [0.15, 0.2) is 36.5 Å². The van der Waals surface area contributed by atoms with Crippen LogP contribution in [0.25, 0.3) is 5.69 Å². The number of para-hydroxylation sites is 1. The van der Waals surface area contributed by atoms with Gasteiger partial charge in [-0.1, -0.05) is 31.5 Å². The molecule has 0 saturated carbocycles. The molecule has 2 aliphatic heterocycles. The zero-order chi connectivity index (χ0) is 23.4. The summed E-state index contributed by atoms with van der Waals surface area (Å²) in [4.78, 5) is 40.3. The van der Waals surface area contributed by atoms with Crippen molar-refractivity contribution in [3.05, 3.63) is 47.8 Å². The number of nitrogens with two attached hydrogens (primary N) is 1. The Labute approximate surface area is 193 Å². The second kappa shape index (κ2) is 10.2. The number of piperazine rings is 1. The molecule has 4 N–H and O–H groups in total. The average Bonchev–Trinajstić information content (AvgIpc) is 3.43. The van der Waals surface area contributed by atoms with E-state index in [0.717, 1.165) is 30.6 Å². The lowest BCUT2D eigenvalue weighted by molar-refractivity contribution is -0.147. The van der Waals surface area contributed by atoms with Crippen molar-refractivity contribution in [2.24, 2.45) is 5.73 Å². The molecule has 2 aromatic rings. The predicted octanol–water partition coefficient (Wildman–Crippen LogP) is 1.15. The maximum absolute atomic E-state index is 13.2. The number of carbonyl (C=O) groups excluding carboxylic acids is 3. The fraction of sp³-hybridized carbons (Fsp3) is 0.500. The van der Waals surface area contributed by atoms with Crippen LogP contribution in [0.4, 0.5) is 0 Å². The largest absolute Gasteiger partial charge is 0.347 e. The average molecular weight is 453 g/mol. The van der Waals surface area contributed by atoms with Gasteiger partial charge < -0.3 is 21.3 Å². The quantitative estimate of drug-likeness (QED) is 0.493. The van der Waals surface area contributed by atoms with Crippen molar-refractivity contribution < 1.29 is 14.4 Å². The number of aromatic nitrogens is 2. The standard InChI is InChI=1S/C24H32N6O3/c1-2-8-20-18(14-26-30(20)17-9-4-3-5-10-17)22(31)27-16-13-21-23(32)28-19(11-6-7-12-25)24(33)29(21)15-16/h3-5,9-10,14,16,19,21H,2,6-8,11-13,15,25H2,1H3,(H,27,31)(H,28,32)/t16-,19-,21-/m0/s1. The predicted molar refractivity (Wildman–Crippen MR) is 124 cm³/mol. The molecule has 176 valence electrons. The topological polar surface area (TPSA) is 122 Å². The highest BCUT2D eigenvalue weighted by Crippen LogP contribution is 2.25. The Morgan fingerprint density at radius 2 is 2.03 bits per heavy atom. The summed E-state index contributed by atoms with van der Waals surface area (Å²) in [5, 5.41) is 10.4. The minimum absolute atomic E-state index is 0.0723. The number of benzene rings is 1. The summed E-state index contributed by atoms with van der Waals surface area (Å²) < 4.78 is 1.80. The molecular formula is C24H32N6O3. The number of carbonyl (C=O) groups is 3. The molecule has 1 aromatic heterocycles. The number of hydrogen-bond acceptors (Lipinski definition) is 5. The molecule has 0 spiro atoms. The van der Waals surface area contributed by atoms with E-state index in [9.17, 15) is 14.4 Å². The maximum Gasteiger partial charge on any atom is 0.255 e. The van der Waals surface area contributed by atoms with E-state index in [1.54, 1.807) is 15.8 Å². The minimum atomic E-state index is -0.532. The number of nitrogens with one attached hydrogen (secondary N) is 2. The van der Waals surface area contributed by atoms with E-state index in [-0.39, 0.29) is 23.8 Å². The molecule has 0 unspecified atom stereocenters. The summed E-state index contributed by atoms with van der Waals surface area (Å²) in [6, 6.07) is 8.41. The van der Waals surface area contributed by atoms with Gasteiger partial charge in [0.1, 0.15) is 12.1 Å². The molecule has 3 atom stereocenters. The highest BCUT2D eigenvalue weighted by atomic mass is 16.2. The Bertz CT molecular complexity index is 1000. The Morgan fingerprint density at radius 1 is 1.24 bits per heavy atom. The Hall–Kier alpha value is -3.20. The molecule has 9 nitrogen and oxygen atoms in total. The number of nitrogens with zero attached hydrogens (tertiary/aromatic N) is 3. The maximum atomic E-state index is 13.2. The third-order valence-corrected chi connectivity index (χ3v) is 6.38. The number of unbranched alkanes of at least 4 members (excludes halogenated alkanes) is 1. The van der Waals surface area contributed by atoms with Gasteiger partial charge >= 0.3 is 0 Å². The lowest BCUT2D eigenvalue weighted by Crippen LogP contribution is -2.61. The summed E-state index contributed by atoms with van der Waals surface area (Å²) in [5.74, 6) is -0.442. The van der Waals surface area contributed by atoms with E-state index in [0.29, 0.717) is 37.9 Å². The van der Waals surface area contributed by atoms with Crippen LogP contribution in [-0.2, 0) is 16.0 Å². The number of fused-ring (bicyclic) bond motifs is 1. The van der Waals surface area contributed by atoms with Crippen LogP contribution in [0.5, 0.6) is 0 Å². The second-order valence-corrected chi connectivity index (χ2v) is 8.76. The van der Waals surface area contributed by atoms with Gasteiger partial charge in [0, 0.05) is 12.6 Å². The smallest absolute Gasteiger partial charge is 0.255 e. The van der Waals surface area contributed by atoms with E-state index in [1.807, 2.05) is 30.3 Å². The van der Waals surface area contributed by atoms with Gasteiger partial charge in [-0.3, -0.25) is 14.4 Å². The summed E-state index contributed by atoms with van der Waals surface area (Å²) >= 11 is 0. The molecule has 33 heavy (non-hydrogen) atoms. The normalized spacial score (nSPS) is 22.2. The third kappa shape index (κ3) is 4.78. The molecule has 0 radical (unpaired) electrons. The first kappa shape index (κ1) is 23.0. The summed E-state index contributed by atoms with van der Waals surface area (Å²) in [6.45, 7) is 2.97. The van der Waals surface area contributed by atoms with Crippen molar-refractivity contribution in [2.45, 2.75) is 63.6 Å². The summed E-state index contributed by atoms with van der Waals surface area (Å²) in [5.41, 5.74) is 7.82. The van der Waals surface area contributed by atoms with E-state index >= 15 is 0 Å². The van der Waals surface area contributed by atoms with E-state index < -0.39 is 12.1 Å². The first-order valence-electron chi connectivity index (χ1n) is 11.8. The molecule has 1 aromatic carbocycles. The first-order chi connectivity index (χ1) is 16.0. The number of rotatable bonds is 9. The molecular weight excluding hydrogens is 420 g/mol. The van der Waals surface area contributed by atoms with Gasteiger partial charge in [0.05, 0.1) is 23.1 Å². The van der Waals surface area contributed by atoms with Crippen LogP contribution >= 0.6 is 0 Å². The second-order valence-electron chi connectivity index (χ2n) is 8.76. The van der Waals surface area contributed by atoms with Gasteiger partial charge in [-0.05, 0) is 50.8 Å². The van der Waals surface area contributed by atoms with Crippen molar-refractivity contribution in [1.82, 2.24) is 25.3 Å². The highest BCUT2D eigenvalue weighted by Gasteiger charge is 2.46. The van der Waals surface area contributed by atoms with Crippen LogP contribution in [0.1, 0.15) is 55.1 Å². The van der Waals surface area contributed by atoms with Crippen LogP contribution < -0.4 is 16.4 Å². The minimum Gasteiger partial charge on any atom is -0.347 e. The SMILES string of the molecule is CCCc1c(C(=O)N[C@H]2C[C@H]3C(=O)N[C@@H](CCCCN)C(=O)N3C2)cnn1-c1ccccc1. The van der Waals surface area contributed by atoms with Crippen LogP contribution in [0.2, 0.25) is 0 Å². The molecule has 2 saturated heterocycles. The molecule has 3 amide bonds. The van der Waals surface area contributed by atoms with Crippen molar-refractivity contribution in [2.75, 3.05) is 13.1 Å². The van der Waals surface area contributed by atoms with Gasteiger partial charge in [0.2, 0.25) is 11.8 Å². The van der Waals surface area contributed by atoms with Crippen LogP contribution in [0.3, 0.4) is 0 Å². The van der Waals surface area contributed by atoms with Gasteiger partial charge in [0.15, 0.2) is 0 Å². The Kier molecular flexibility index (Phi) is 7.08. The Morgan fingerprint density at radius 3 is 2.76 bits per heavy atom. The van der Waals surface area contributed by atoms with Crippen molar-refractivity contribution >= 4 is 17.7 Å². The van der Waals surface area contributed by atoms with Gasteiger partial charge in [-0.25, -0.2) is 4.68 Å². The van der Waals surface area contributed by atoms with Gasteiger partial charge in [0.25, 0.3) is 5.91 Å². The molecule has 2 aliphatic rings. The van der Waals surface area contributed by atoms with Gasteiger partial charge in [-0.15, -0.1) is 0 Å². The lowest BCUT2D eigenvalue weighted by atomic mass is 10.0. The van der Waals surface area contributed by atoms with E-state index in [2.05, 4.69) is 22.7 Å². The molecule has 2 fully saturated rings. The molecule has 3 heterocycles. The van der Waals surface area contributed by atoms with Crippen LogP contribution in [0, 0.1) is 0 Å². The number of amides is 3. The fourth-order valence-electron chi connectivity index (χ4n) is 4.75. The fourth-order valence-corrected chi connectivity index (χ4v) is 4.75. The monoisotopic (exact) mass is 452 g/mol. The van der Waals surface area contributed by atoms with Crippen LogP contribution in [-0.4, -0.2) is 63.6 Å². The molecule has 4 rings (SSSR count). The first-order valence-corrected chi connectivity index (χ1v) is 11.8. The highest BCUT2D eigenvalue weighted by molar-refractivity contribution is 5.98. The molecule has 9 heteroatoms. The van der Waals surface area contributed by atoms with Crippen molar-refractivity contribution in [3.63, 3.8) is 0 Å². The zero-order valence-electron chi connectivity index (χ0n) is 19.0. The number of hydrogen-bond donors (Lipinski definition) is 3. The van der Waals surface area contributed by atoms with Crippen molar-refractivity contribution in [3.8, 4) is 5.69 Å².